The van der Waals surface area contributed by atoms with Crippen LogP contribution in [0.25, 0.3) is 4.85 Å². The van der Waals surface area contributed by atoms with Gasteiger partial charge in [-0.15, -0.1) is 0 Å². The highest BCUT2D eigenvalue weighted by molar-refractivity contribution is 5.28. The summed E-state index contributed by atoms with van der Waals surface area (Å²) in [6, 6.07) is 3.34. The lowest BCUT2D eigenvalue weighted by molar-refractivity contribution is -0.137. The molecule has 0 spiro atoms. The van der Waals surface area contributed by atoms with Crippen molar-refractivity contribution in [2.75, 3.05) is 0 Å². The topological polar surface area (TPSA) is 54.2 Å². The van der Waals surface area contributed by atoms with Crippen LogP contribution in [-0.2, 0) is 0 Å². The molecule has 1 heterocycles. The van der Waals surface area contributed by atoms with Gasteiger partial charge in [0.1, 0.15) is 5.76 Å². The van der Waals surface area contributed by atoms with Gasteiger partial charge in [0, 0.05) is 18.4 Å². The number of rotatable bonds is 5. The van der Waals surface area contributed by atoms with E-state index in [1.165, 1.54) is 6.92 Å². The normalized spacial score (nSPS) is 16.0. The van der Waals surface area contributed by atoms with Crippen molar-refractivity contribution in [1.29, 1.82) is 5.26 Å². The first-order valence-corrected chi connectivity index (χ1v) is 6.48. The average molecular weight is 299 g/mol. The molecular formula is C14H16F3N3O. The Labute approximate surface area is 121 Å². The van der Waals surface area contributed by atoms with Gasteiger partial charge in [-0.3, -0.25) is 4.85 Å². The Hall–Kier alpha value is -2.02. The molecule has 1 rings (SSSR count). The van der Waals surface area contributed by atoms with Gasteiger partial charge < -0.3 is 4.52 Å². The summed E-state index contributed by atoms with van der Waals surface area (Å²) in [4.78, 5) is 3.18. The Kier molecular flexibility index (Phi) is 5.01. The number of nitriles is 1. The van der Waals surface area contributed by atoms with Crippen LogP contribution in [0.2, 0.25) is 0 Å². The van der Waals surface area contributed by atoms with Gasteiger partial charge in [-0.25, -0.2) is 6.57 Å². The molecule has 21 heavy (non-hydrogen) atoms. The maximum absolute atomic E-state index is 12.4. The number of nitrogens with zero attached hydrogens (tertiary/aromatic N) is 3. The van der Waals surface area contributed by atoms with E-state index in [1.807, 2.05) is 13.8 Å². The molecule has 1 aromatic heterocycles. The van der Waals surface area contributed by atoms with Crippen LogP contribution in [0, 0.1) is 17.9 Å². The second-order valence-electron chi connectivity index (χ2n) is 5.29. The number of hydrogen-bond donors (Lipinski definition) is 0. The van der Waals surface area contributed by atoms with Gasteiger partial charge in [0.2, 0.25) is 0 Å². The van der Waals surface area contributed by atoms with E-state index < -0.39 is 30.5 Å². The minimum Gasteiger partial charge on any atom is -0.361 e. The molecule has 0 aliphatic carbocycles. The Morgan fingerprint density at radius 3 is 2.38 bits per heavy atom. The van der Waals surface area contributed by atoms with Gasteiger partial charge in [0.05, 0.1) is 18.0 Å². The Morgan fingerprint density at radius 2 is 2.00 bits per heavy atom. The van der Waals surface area contributed by atoms with Crippen molar-refractivity contribution in [3.63, 3.8) is 0 Å². The van der Waals surface area contributed by atoms with Crippen LogP contribution in [0.5, 0.6) is 0 Å². The highest BCUT2D eigenvalue weighted by Gasteiger charge is 2.48. The Bertz CT molecular complexity index is 549. The van der Waals surface area contributed by atoms with Crippen molar-refractivity contribution in [2.45, 2.75) is 57.2 Å². The molecule has 0 aliphatic rings. The molecule has 2 atom stereocenters. The number of hydrogen-bond acceptors (Lipinski definition) is 3. The van der Waals surface area contributed by atoms with Crippen LogP contribution in [0.1, 0.15) is 56.9 Å². The van der Waals surface area contributed by atoms with Crippen molar-refractivity contribution in [3.05, 3.63) is 28.9 Å². The Morgan fingerprint density at radius 1 is 1.38 bits per heavy atom. The zero-order chi connectivity index (χ0) is 16.3. The summed E-state index contributed by atoms with van der Waals surface area (Å²) in [6.45, 7) is 12.5. The quantitative estimate of drug-likeness (QED) is 0.756. The number of aromatic nitrogens is 1. The van der Waals surface area contributed by atoms with E-state index in [-0.39, 0.29) is 5.92 Å². The van der Waals surface area contributed by atoms with Gasteiger partial charge in [-0.2, -0.15) is 18.4 Å². The smallest absolute Gasteiger partial charge is 0.361 e. The highest BCUT2D eigenvalue weighted by atomic mass is 19.4. The molecular weight excluding hydrogens is 283 g/mol. The second-order valence-corrected chi connectivity index (χ2v) is 5.29. The molecule has 0 aromatic carbocycles. The molecule has 1 aromatic rings. The molecule has 0 aliphatic heterocycles. The molecule has 0 saturated carbocycles. The zero-order valence-corrected chi connectivity index (χ0v) is 12.0. The predicted molar refractivity (Wildman–Crippen MR) is 69.2 cm³/mol. The maximum atomic E-state index is 12.4. The molecule has 4 nitrogen and oxygen atoms in total. The summed E-state index contributed by atoms with van der Waals surface area (Å²) in [5.74, 6) is -0.124. The van der Waals surface area contributed by atoms with Crippen LogP contribution < -0.4 is 0 Å². The van der Waals surface area contributed by atoms with Crippen LogP contribution in [0.15, 0.2) is 10.6 Å². The van der Waals surface area contributed by atoms with Crippen molar-refractivity contribution in [3.8, 4) is 6.07 Å². The number of alkyl halides is 3. The van der Waals surface area contributed by atoms with E-state index >= 15 is 0 Å². The molecule has 0 saturated heterocycles. The van der Waals surface area contributed by atoms with Gasteiger partial charge in [0.15, 0.2) is 6.07 Å². The molecule has 0 bridgehead atoms. The lowest BCUT2D eigenvalue weighted by Gasteiger charge is -2.20. The Balaban J connectivity index is 3.04. The summed E-state index contributed by atoms with van der Waals surface area (Å²) in [5, 5.41) is 13.0. The van der Waals surface area contributed by atoms with E-state index in [9.17, 15) is 18.4 Å². The summed E-state index contributed by atoms with van der Waals surface area (Å²) >= 11 is 0. The highest BCUT2D eigenvalue weighted by Crippen LogP contribution is 2.38. The second kappa shape index (κ2) is 6.17. The summed E-state index contributed by atoms with van der Waals surface area (Å²) in [5.41, 5.74) is -1.46. The SMILES string of the molecule is [C-]#[N+]C(C#N)(CCC(F)(F)F)C(C)c1cc(C(C)C)on1. The summed E-state index contributed by atoms with van der Waals surface area (Å²) < 4.78 is 42.3. The van der Waals surface area contributed by atoms with Gasteiger partial charge in [-0.05, 0) is 6.92 Å². The largest absolute Gasteiger partial charge is 0.389 e. The molecule has 2 unspecified atom stereocenters. The van der Waals surface area contributed by atoms with Crippen LogP contribution in [0.4, 0.5) is 13.2 Å². The van der Waals surface area contributed by atoms with Gasteiger partial charge >= 0.3 is 11.7 Å². The molecule has 0 amide bonds. The van der Waals surface area contributed by atoms with E-state index in [0.717, 1.165) is 0 Å². The van der Waals surface area contributed by atoms with E-state index in [2.05, 4.69) is 10.0 Å². The fraction of sp³-hybridized carbons (Fsp3) is 0.643. The standard InChI is InChI=1S/C14H16F3N3O/c1-9(2)12-7-11(20-21-12)10(3)13(8-18,19-4)5-6-14(15,16)17/h7,9-10H,5-6H2,1-3H3. The minimum atomic E-state index is -4.40. The number of halogens is 3. The van der Waals surface area contributed by atoms with E-state index in [1.54, 1.807) is 12.1 Å². The first-order valence-electron chi connectivity index (χ1n) is 6.48. The third-order valence-electron chi connectivity index (χ3n) is 3.46. The third kappa shape index (κ3) is 3.98. The van der Waals surface area contributed by atoms with E-state index in [4.69, 9.17) is 11.1 Å². The lowest BCUT2D eigenvalue weighted by atomic mass is 9.81. The molecule has 0 radical (unpaired) electrons. The monoisotopic (exact) mass is 299 g/mol. The lowest BCUT2D eigenvalue weighted by Crippen LogP contribution is -2.31. The van der Waals surface area contributed by atoms with Crippen LogP contribution >= 0.6 is 0 Å². The molecule has 0 N–H and O–H groups in total. The van der Waals surface area contributed by atoms with Crippen molar-refractivity contribution in [1.82, 2.24) is 5.16 Å². The van der Waals surface area contributed by atoms with Crippen molar-refractivity contribution < 1.29 is 17.7 Å². The van der Waals surface area contributed by atoms with Gasteiger partial charge in [-0.1, -0.05) is 19.0 Å². The molecule has 7 heteroatoms. The maximum Gasteiger partial charge on any atom is 0.389 e. The molecule has 114 valence electrons. The predicted octanol–water partition coefficient (Wildman–Crippen LogP) is 4.43. The fourth-order valence-electron chi connectivity index (χ4n) is 1.90. The van der Waals surface area contributed by atoms with Gasteiger partial charge in [0.25, 0.3) is 0 Å². The minimum absolute atomic E-state index is 0.0676. The molecule has 0 fully saturated rings. The first kappa shape index (κ1) is 17.0. The van der Waals surface area contributed by atoms with Crippen molar-refractivity contribution in [2.24, 2.45) is 0 Å². The summed E-state index contributed by atoms with van der Waals surface area (Å²) in [6.07, 6.45) is -6.16. The first-order chi connectivity index (χ1) is 9.65. The summed E-state index contributed by atoms with van der Waals surface area (Å²) in [7, 11) is 0. The fourth-order valence-corrected chi connectivity index (χ4v) is 1.90. The zero-order valence-electron chi connectivity index (χ0n) is 12.0. The van der Waals surface area contributed by atoms with Crippen molar-refractivity contribution >= 4 is 0 Å². The van der Waals surface area contributed by atoms with E-state index in [0.29, 0.717) is 11.5 Å². The average Bonchev–Trinajstić information content (AvgIpc) is 2.88. The van der Waals surface area contributed by atoms with Crippen LogP contribution in [0.3, 0.4) is 0 Å². The van der Waals surface area contributed by atoms with Crippen LogP contribution in [-0.4, -0.2) is 16.9 Å². The third-order valence-corrected chi connectivity index (χ3v) is 3.46.